The van der Waals surface area contributed by atoms with Crippen LogP contribution in [0.5, 0.6) is 5.75 Å². The number of amides is 4. The molecule has 0 aromatic heterocycles. The summed E-state index contributed by atoms with van der Waals surface area (Å²) < 4.78 is 5.24. The first-order chi connectivity index (χ1) is 11.4. The minimum atomic E-state index is -0.972. The van der Waals surface area contributed by atoms with Crippen molar-refractivity contribution in [2.75, 3.05) is 7.11 Å². The predicted molar refractivity (Wildman–Crippen MR) is 85.9 cm³/mol. The maximum atomic E-state index is 12.9. The standard InChI is InChI=1S/C17H18N2O5.H2/c1-8(2)9-4-6-11(24-3)14-13(9)16(22)19(17(14)23)10-5-7-12(20)18-15(10)21;/h4,6,8,10H,5,7H2,1-3H3,(H,18,20,21);1H. The number of nitrogens with one attached hydrogen (secondary N) is 1. The number of ether oxygens (including phenoxy) is 1. The molecule has 1 N–H and O–H groups in total. The van der Waals surface area contributed by atoms with Gasteiger partial charge in [-0.1, -0.05) is 19.9 Å². The van der Waals surface area contributed by atoms with Gasteiger partial charge in [0.1, 0.15) is 11.8 Å². The molecule has 4 amide bonds. The summed E-state index contributed by atoms with van der Waals surface area (Å²) in [5.41, 5.74) is 1.22. The Morgan fingerprint density at radius 3 is 2.42 bits per heavy atom. The normalized spacial score (nSPS) is 20.5. The van der Waals surface area contributed by atoms with Crippen molar-refractivity contribution in [1.82, 2.24) is 10.2 Å². The number of hydrogen-bond acceptors (Lipinski definition) is 5. The number of fused-ring (bicyclic) bond motifs is 1. The number of carbonyl (C=O) groups excluding carboxylic acids is 4. The summed E-state index contributed by atoms with van der Waals surface area (Å²) in [5, 5.41) is 2.18. The van der Waals surface area contributed by atoms with Crippen LogP contribution in [0.4, 0.5) is 0 Å². The molecule has 1 fully saturated rings. The summed E-state index contributed by atoms with van der Waals surface area (Å²) >= 11 is 0. The number of piperidine rings is 1. The zero-order valence-corrected chi connectivity index (χ0v) is 13.7. The Balaban J connectivity index is 0.00000225. The molecule has 3 rings (SSSR count). The van der Waals surface area contributed by atoms with Gasteiger partial charge in [-0.05, 0) is 24.0 Å². The van der Waals surface area contributed by atoms with Crippen molar-refractivity contribution < 1.29 is 25.3 Å². The lowest BCUT2D eigenvalue weighted by atomic mass is 9.94. The summed E-state index contributed by atoms with van der Waals surface area (Å²) in [5.74, 6) is -1.74. The molecule has 2 aliphatic rings. The van der Waals surface area contributed by atoms with Crippen molar-refractivity contribution in [3.05, 3.63) is 28.8 Å². The van der Waals surface area contributed by atoms with Crippen molar-refractivity contribution in [1.29, 1.82) is 0 Å². The molecule has 128 valence electrons. The monoisotopic (exact) mass is 332 g/mol. The van der Waals surface area contributed by atoms with E-state index in [2.05, 4.69) is 5.32 Å². The van der Waals surface area contributed by atoms with E-state index in [9.17, 15) is 19.2 Å². The van der Waals surface area contributed by atoms with Gasteiger partial charge in [0.15, 0.2) is 0 Å². The Hall–Kier alpha value is -2.70. The molecule has 0 saturated carbocycles. The first-order valence-corrected chi connectivity index (χ1v) is 7.79. The first kappa shape index (κ1) is 16.2. The number of nitrogens with zero attached hydrogens (tertiary/aromatic N) is 1. The summed E-state index contributed by atoms with van der Waals surface area (Å²) in [6.07, 6.45) is 0.230. The van der Waals surface area contributed by atoms with Crippen LogP contribution in [0.1, 0.15) is 60.3 Å². The molecule has 1 atom stereocenters. The number of imide groups is 2. The molecule has 0 radical (unpaired) electrons. The van der Waals surface area contributed by atoms with E-state index in [0.29, 0.717) is 11.3 Å². The van der Waals surface area contributed by atoms with Crippen molar-refractivity contribution in [2.24, 2.45) is 0 Å². The molecule has 0 bridgehead atoms. The van der Waals surface area contributed by atoms with Crippen LogP contribution in [0.15, 0.2) is 12.1 Å². The summed E-state index contributed by atoms with van der Waals surface area (Å²) in [4.78, 5) is 50.1. The first-order valence-electron chi connectivity index (χ1n) is 7.79. The van der Waals surface area contributed by atoms with Crippen molar-refractivity contribution in [2.45, 2.75) is 38.6 Å². The molecule has 1 saturated heterocycles. The van der Waals surface area contributed by atoms with Crippen molar-refractivity contribution >= 4 is 23.6 Å². The number of carbonyl (C=O) groups is 4. The van der Waals surface area contributed by atoms with Gasteiger partial charge in [0.25, 0.3) is 11.8 Å². The van der Waals surface area contributed by atoms with Crippen LogP contribution in [-0.4, -0.2) is 41.7 Å². The largest absolute Gasteiger partial charge is 0.496 e. The van der Waals surface area contributed by atoms with E-state index in [4.69, 9.17) is 4.74 Å². The fourth-order valence-corrected chi connectivity index (χ4v) is 3.24. The highest BCUT2D eigenvalue weighted by Gasteiger charge is 2.47. The van der Waals surface area contributed by atoms with E-state index in [1.807, 2.05) is 13.8 Å². The summed E-state index contributed by atoms with van der Waals surface area (Å²) in [7, 11) is 1.43. The number of benzene rings is 1. The predicted octanol–water partition coefficient (Wildman–Crippen LogP) is 1.47. The van der Waals surface area contributed by atoms with Crippen LogP contribution < -0.4 is 10.1 Å². The minimum absolute atomic E-state index is 0. The zero-order valence-electron chi connectivity index (χ0n) is 13.7. The third-order valence-electron chi connectivity index (χ3n) is 4.43. The van der Waals surface area contributed by atoms with Gasteiger partial charge >= 0.3 is 0 Å². The van der Waals surface area contributed by atoms with Gasteiger partial charge in [-0.25, -0.2) is 0 Å². The third kappa shape index (κ3) is 2.28. The molecule has 24 heavy (non-hydrogen) atoms. The summed E-state index contributed by atoms with van der Waals surface area (Å²) in [6, 6.07) is 2.45. The molecular formula is C17H20N2O5. The van der Waals surface area contributed by atoms with E-state index < -0.39 is 29.7 Å². The van der Waals surface area contributed by atoms with Gasteiger partial charge in [0, 0.05) is 7.85 Å². The average molecular weight is 332 g/mol. The van der Waals surface area contributed by atoms with E-state index in [-0.39, 0.29) is 25.7 Å². The quantitative estimate of drug-likeness (QED) is 0.846. The zero-order chi connectivity index (χ0) is 17.6. The SMILES string of the molecule is COc1ccc(C(C)C)c2c1C(=O)N(C1CCC(=O)NC1=O)C2=O.[HH]. The molecule has 1 aromatic carbocycles. The smallest absolute Gasteiger partial charge is 0.266 e. The highest BCUT2D eigenvalue weighted by Crippen LogP contribution is 2.37. The maximum absolute atomic E-state index is 12.9. The van der Waals surface area contributed by atoms with Crippen LogP contribution >= 0.6 is 0 Å². The molecular weight excluding hydrogens is 312 g/mol. The van der Waals surface area contributed by atoms with Crippen LogP contribution in [0.25, 0.3) is 0 Å². The second kappa shape index (κ2) is 5.74. The van der Waals surface area contributed by atoms with Gasteiger partial charge in [0.05, 0.1) is 18.2 Å². The van der Waals surface area contributed by atoms with Gasteiger partial charge in [-0.3, -0.25) is 29.4 Å². The van der Waals surface area contributed by atoms with Crippen LogP contribution in [0.2, 0.25) is 0 Å². The second-order valence-electron chi connectivity index (χ2n) is 6.21. The molecule has 7 nitrogen and oxygen atoms in total. The van der Waals surface area contributed by atoms with Gasteiger partial charge in [0.2, 0.25) is 11.8 Å². The van der Waals surface area contributed by atoms with E-state index in [1.54, 1.807) is 12.1 Å². The second-order valence-corrected chi connectivity index (χ2v) is 6.21. The number of hydrogen-bond donors (Lipinski definition) is 1. The number of methoxy groups -OCH3 is 1. The van der Waals surface area contributed by atoms with Crippen molar-refractivity contribution in [3.8, 4) is 5.75 Å². The van der Waals surface area contributed by atoms with Crippen LogP contribution in [0, 0.1) is 0 Å². The van der Waals surface area contributed by atoms with E-state index in [0.717, 1.165) is 10.5 Å². The lowest BCUT2D eigenvalue weighted by Crippen LogP contribution is -2.54. The summed E-state index contributed by atoms with van der Waals surface area (Å²) in [6.45, 7) is 3.85. The Labute approximate surface area is 140 Å². The molecule has 0 spiro atoms. The van der Waals surface area contributed by atoms with Crippen LogP contribution in [0.3, 0.4) is 0 Å². The molecule has 1 aromatic rings. The highest BCUT2D eigenvalue weighted by atomic mass is 16.5. The van der Waals surface area contributed by atoms with Crippen molar-refractivity contribution in [3.63, 3.8) is 0 Å². The molecule has 2 heterocycles. The fraction of sp³-hybridized carbons (Fsp3) is 0.412. The van der Waals surface area contributed by atoms with Gasteiger partial charge in [-0.15, -0.1) is 0 Å². The lowest BCUT2D eigenvalue weighted by molar-refractivity contribution is -0.136. The Morgan fingerprint density at radius 1 is 1.17 bits per heavy atom. The Morgan fingerprint density at radius 2 is 1.83 bits per heavy atom. The van der Waals surface area contributed by atoms with E-state index >= 15 is 0 Å². The Bertz CT molecular complexity index is 775. The third-order valence-corrected chi connectivity index (χ3v) is 4.43. The molecule has 7 heteroatoms. The molecule has 1 unspecified atom stereocenters. The van der Waals surface area contributed by atoms with E-state index in [1.165, 1.54) is 7.11 Å². The van der Waals surface area contributed by atoms with Gasteiger partial charge < -0.3 is 4.74 Å². The number of rotatable bonds is 3. The Kier molecular flexibility index (Phi) is 3.87. The average Bonchev–Trinajstić information content (AvgIpc) is 2.79. The highest BCUT2D eigenvalue weighted by molar-refractivity contribution is 6.25. The lowest BCUT2D eigenvalue weighted by Gasteiger charge is -2.27. The van der Waals surface area contributed by atoms with Gasteiger partial charge in [-0.2, -0.15) is 0 Å². The minimum Gasteiger partial charge on any atom is -0.496 e. The topological polar surface area (TPSA) is 92.8 Å². The molecule has 0 aliphatic carbocycles. The fourth-order valence-electron chi connectivity index (χ4n) is 3.24. The van der Waals surface area contributed by atoms with Crippen LogP contribution in [-0.2, 0) is 9.59 Å². The maximum Gasteiger partial charge on any atom is 0.266 e. The molecule has 2 aliphatic heterocycles.